The van der Waals surface area contributed by atoms with E-state index < -0.39 is 0 Å². The number of amidine groups is 1. The van der Waals surface area contributed by atoms with Crippen LogP contribution in [0.5, 0.6) is 11.5 Å². The number of hydrogen-bond acceptors (Lipinski definition) is 5. The van der Waals surface area contributed by atoms with Crippen LogP contribution in [0.25, 0.3) is 11.1 Å². The molecule has 0 aliphatic carbocycles. The maximum absolute atomic E-state index is 13.2. The molecule has 0 saturated carbocycles. The molecule has 0 saturated heterocycles. The Morgan fingerprint density at radius 2 is 1.58 bits per heavy atom. The summed E-state index contributed by atoms with van der Waals surface area (Å²) in [6.07, 6.45) is 0. The SMILES string of the molecule is CC(=O)Nc1ccc(C(=O)Nc2ccc(-c3ccccc3S)cc2)c(Oc2cccc(C(=N)N)c2)c1. The molecule has 36 heavy (non-hydrogen) atoms. The van der Waals surface area contributed by atoms with Gasteiger partial charge in [-0.2, -0.15) is 0 Å². The molecule has 5 N–H and O–H groups in total. The summed E-state index contributed by atoms with van der Waals surface area (Å²) in [5.74, 6) is -0.106. The number of carbonyl (C=O) groups is 2. The van der Waals surface area contributed by atoms with Crippen LogP contribution in [0.2, 0.25) is 0 Å². The number of hydrogen-bond donors (Lipinski definition) is 5. The van der Waals surface area contributed by atoms with Gasteiger partial charge in [-0.3, -0.25) is 15.0 Å². The average Bonchev–Trinajstić information content (AvgIpc) is 2.85. The summed E-state index contributed by atoms with van der Waals surface area (Å²) < 4.78 is 6.00. The molecule has 0 atom stereocenters. The number of ether oxygens (including phenoxy) is 1. The lowest BCUT2D eigenvalue weighted by Gasteiger charge is -2.14. The molecule has 0 aliphatic heterocycles. The van der Waals surface area contributed by atoms with Gasteiger partial charge in [-0.05, 0) is 53.6 Å². The molecule has 2 amide bonds. The first kappa shape index (κ1) is 24.6. The van der Waals surface area contributed by atoms with Crippen LogP contribution in [0.15, 0.2) is 95.9 Å². The highest BCUT2D eigenvalue weighted by Gasteiger charge is 2.16. The van der Waals surface area contributed by atoms with Gasteiger partial charge in [0.1, 0.15) is 17.3 Å². The minimum Gasteiger partial charge on any atom is -0.456 e. The summed E-state index contributed by atoms with van der Waals surface area (Å²) in [6, 6.07) is 26.7. The van der Waals surface area contributed by atoms with Crippen LogP contribution in [0.1, 0.15) is 22.8 Å². The van der Waals surface area contributed by atoms with Gasteiger partial charge in [0, 0.05) is 34.8 Å². The Bertz CT molecular complexity index is 1450. The Labute approximate surface area is 214 Å². The number of benzene rings is 4. The molecule has 0 spiro atoms. The van der Waals surface area contributed by atoms with Crippen molar-refractivity contribution >= 4 is 41.7 Å². The Balaban J connectivity index is 1.60. The smallest absolute Gasteiger partial charge is 0.259 e. The molecule has 4 aromatic rings. The predicted molar refractivity (Wildman–Crippen MR) is 145 cm³/mol. The quantitative estimate of drug-likeness (QED) is 0.124. The zero-order chi connectivity index (χ0) is 25.7. The average molecular weight is 497 g/mol. The summed E-state index contributed by atoms with van der Waals surface area (Å²) in [4.78, 5) is 25.6. The second-order valence-corrected chi connectivity index (χ2v) is 8.47. The van der Waals surface area contributed by atoms with Crippen molar-refractivity contribution in [3.8, 4) is 22.6 Å². The van der Waals surface area contributed by atoms with E-state index in [2.05, 4.69) is 23.3 Å². The fourth-order valence-electron chi connectivity index (χ4n) is 3.58. The highest BCUT2D eigenvalue weighted by Crippen LogP contribution is 2.31. The van der Waals surface area contributed by atoms with E-state index in [0.29, 0.717) is 22.7 Å². The van der Waals surface area contributed by atoms with Crippen molar-refractivity contribution in [2.75, 3.05) is 10.6 Å². The Hall–Kier alpha value is -4.56. The molecule has 0 unspecified atom stereocenters. The second-order valence-electron chi connectivity index (χ2n) is 7.98. The molecule has 7 nitrogen and oxygen atoms in total. The summed E-state index contributed by atoms with van der Waals surface area (Å²) in [5.41, 5.74) is 9.40. The van der Waals surface area contributed by atoms with Crippen LogP contribution < -0.4 is 21.1 Å². The van der Waals surface area contributed by atoms with Crippen LogP contribution in [-0.2, 0) is 4.79 Å². The standard InChI is InChI=1S/C28H24N4O3S/c1-17(33)31-21-13-14-24(25(16-21)35-22-6-4-5-19(15-22)27(29)30)28(34)32-20-11-9-18(10-12-20)23-7-2-3-8-26(23)36/h2-16,36H,1H3,(H3,29,30)(H,31,33)(H,32,34). The number of anilines is 2. The zero-order valence-electron chi connectivity index (χ0n) is 19.4. The van der Waals surface area contributed by atoms with Crippen molar-refractivity contribution in [3.63, 3.8) is 0 Å². The van der Waals surface area contributed by atoms with E-state index in [1.165, 1.54) is 6.92 Å². The molecular weight excluding hydrogens is 472 g/mol. The van der Waals surface area contributed by atoms with Crippen molar-refractivity contribution < 1.29 is 14.3 Å². The van der Waals surface area contributed by atoms with Gasteiger partial charge in [0.05, 0.1) is 5.56 Å². The number of nitrogens with two attached hydrogens (primary N) is 1. The lowest BCUT2D eigenvalue weighted by molar-refractivity contribution is -0.114. The van der Waals surface area contributed by atoms with E-state index in [9.17, 15) is 9.59 Å². The van der Waals surface area contributed by atoms with Gasteiger partial charge in [0.2, 0.25) is 5.91 Å². The first-order chi connectivity index (χ1) is 17.3. The number of amides is 2. The van der Waals surface area contributed by atoms with E-state index in [1.54, 1.807) is 42.5 Å². The number of rotatable bonds is 7. The molecular formula is C28H24N4O3S. The van der Waals surface area contributed by atoms with Crippen LogP contribution in [0.3, 0.4) is 0 Å². The number of nitrogen functional groups attached to an aromatic ring is 1. The second kappa shape index (κ2) is 10.8. The van der Waals surface area contributed by atoms with Crippen molar-refractivity contribution in [1.82, 2.24) is 0 Å². The molecule has 0 bridgehead atoms. The largest absolute Gasteiger partial charge is 0.456 e. The number of nitrogens with one attached hydrogen (secondary N) is 3. The summed E-state index contributed by atoms with van der Waals surface area (Å²) >= 11 is 4.51. The fourth-order valence-corrected chi connectivity index (χ4v) is 3.87. The first-order valence-electron chi connectivity index (χ1n) is 11.0. The number of carbonyl (C=O) groups excluding carboxylic acids is 2. The van der Waals surface area contributed by atoms with E-state index in [4.69, 9.17) is 15.9 Å². The minimum absolute atomic E-state index is 0.102. The molecule has 0 radical (unpaired) electrons. The van der Waals surface area contributed by atoms with Gasteiger partial charge in [0.25, 0.3) is 5.91 Å². The summed E-state index contributed by atoms with van der Waals surface area (Å²) in [6.45, 7) is 1.40. The lowest BCUT2D eigenvalue weighted by Crippen LogP contribution is -2.14. The minimum atomic E-state index is -0.385. The van der Waals surface area contributed by atoms with Crippen molar-refractivity contribution in [2.45, 2.75) is 11.8 Å². The third kappa shape index (κ3) is 5.92. The summed E-state index contributed by atoms with van der Waals surface area (Å²) in [7, 11) is 0. The molecule has 8 heteroatoms. The molecule has 0 aromatic heterocycles. The Morgan fingerprint density at radius 3 is 2.28 bits per heavy atom. The maximum atomic E-state index is 13.2. The molecule has 180 valence electrons. The molecule has 0 heterocycles. The third-order valence-electron chi connectivity index (χ3n) is 5.28. The van der Waals surface area contributed by atoms with E-state index in [0.717, 1.165) is 16.0 Å². The topological polar surface area (TPSA) is 117 Å². The van der Waals surface area contributed by atoms with Crippen LogP contribution in [0, 0.1) is 5.41 Å². The summed E-state index contributed by atoms with van der Waals surface area (Å²) in [5, 5.41) is 13.2. The van der Waals surface area contributed by atoms with E-state index >= 15 is 0 Å². The van der Waals surface area contributed by atoms with Crippen LogP contribution in [-0.4, -0.2) is 17.6 Å². The monoisotopic (exact) mass is 496 g/mol. The normalized spacial score (nSPS) is 10.4. The van der Waals surface area contributed by atoms with Gasteiger partial charge in [0.15, 0.2) is 0 Å². The maximum Gasteiger partial charge on any atom is 0.259 e. The van der Waals surface area contributed by atoms with Gasteiger partial charge in [-0.15, -0.1) is 12.6 Å². The highest BCUT2D eigenvalue weighted by molar-refractivity contribution is 7.80. The first-order valence-corrected chi connectivity index (χ1v) is 11.5. The molecule has 4 rings (SSSR count). The zero-order valence-corrected chi connectivity index (χ0v) is 20.3. The van der Waals surface area contributed by atoms with Crippen molar-refractivity contribution in [3.05, 3.63) is 102 Å². The van der Waals surface area contributed by atoms with E-state index in [1.807, 2.05) is 48.5 Å². The highest BCUT2D eigenvalue weighted by atomic mass is 32.1. The van der Waals surface area contributed by atoms with Gasteiger partial charge >= 0.3 is 0 Å². The van der Waals surface area contributed by atoms with Crippen LogP contribution in [0.4, 0.5) is 11.4 Å². The molecule has 4 aromatic carbocycles. The lowest BCUT2D eigenvalue weighted by atomic mass is 10.1. The van der Waals surface area contributed by atoms with Crippen molar-refractivity contribution in [2.24, 2.45) is 5.73 Å². The molecule has 0 fully saturated rings. The van der Waals surface area contributed by atoms with Crippen LogP contribution >= 0.6 is 12.6 Å². The molecule has 0 aliphatic rings. The predicted octanol–water partition coefficient (Wildman–Crippen LogP) is 5.93. The van der Waals surface area contributed by atoms with Gasteiger partial charge < -0.3 is 21.1 Å². The third-order valence-corrected chi connectivity index (χ3v) is 5.67. The number of thiol groups is 1. The fraction of sp³-hybridized carbons (Fsp3) is 0.0357. The van der Waals surface area contributed by atoms with Gasteiger partial charge in [-0.1, -0.05) is 42.5 Å². The Kier molecular flexibility index (Phi) is 7.36. The van der Waals surface area contributed by atoms with Gasteiger partial charge in [-0.25, -0.2) is 0 Å². The van der Waals surface area contributed by atoms with E-state index in [-0.39, 0.29) is 29.0 Å². The van der Waals surface area contributed by atoms with Crippen molar-refractivity contribution in [1.29, 1.82) is 5.41 Å². The Morgan fingerprint density at radius 1 is 0.861 bits per heavy atom.